The van der Waals surface area contributed by atoms with Gasteiger partial charge in [-0.1, -0.05) is 23.8 Å². The molecule has 2 rings (SSSR count). The first kappa shape index (κ1) is 13.6. The van der Waals surface area contributed by atoms with Gasteiger partial charge in [0.25, 0.3) is 0 Å². The lowest BCUT2D eigenvalue weighted by molar-refractivity contribution is -0.0601. The number of anilines is 1. The van der Waals surface area contributed by atoms with Crippen LogP contribution >= 0.6 is 23.8 Å². The number of nitrogens with one attached hydrogen (secondary N) is 1. The molecule has 1 aromatic rings. The van der Waals surface area contributed by atoms with Crippen molar-refractivity contribution in [1.29, 1.82) is 0 Å². The molecule has 3 N–H and O–H groups in total. The van der Waals surface area contributed by atoms with E-state index in [1.807, 2.05) is 12.1 Å². The summed E-state index contributed by atoms with van der Waals surface area (Å²) in [6, 6.07) is 5.56. The minimum atomic E-state index is -0.0227. The van der Waals surface area contributed by atoms with Crippen LogP contribution < -0.4 is 11.1 Å². The first-order valence-corrected chi connectivity index (χ1v) is 6.73. The van der Waals surface area contributed by atoms with E-state index in [2.05, 4.69) is 5.32 Å². The fourth-order valence-electron chi connectivity index (χ4n) is 2.09. The molecule has 1 aliphatic carbocycles. The molecule has 1 aliphatic rings. The minimum absolute atomic E-state index is 0.0227. The summed E-state index contributed by atoms with van der Waals surface area (Å²) >= 11 is 11.1. The predicted octanol–water partition coefficient (Wildman–Crippen LogP) is 2.96. The van der Waals surface area contributed by atoms with Gasteiger partial charge in [-0.05, 0) is 37.5 Å². The number of hydrogen-bond acceptors (Lipinski definition) is 3. The van der Waals surface area contributed by atoms with Crippen LogP contribution in [0.3, 0.4) is 0 Å². The third-order valence-electron chi connectivity index (χ3n) is 3.55. The van der Waals surface area contributed by atoms with E-state index in [0.29, 0.717) is 10.0 Å². The van der Waals surface area contributed by atoms with Crippen LogP contribution in [0.4, 0.5) is 5.69 Å². The van der Waals surface area contributed by atoms with Crippen molar-refractivity contribution in [1.82, 2.24) is 0 Å². The van der Waals surface area contributed by atoms with Crippen LogP contribution in [0.1, 0.15) is 24.8 Å². The highest BCUT2D eigenvalue weighted by molar-refractivity contribution is 7.80. The van der Waals surface area contributed by atoms with Crippen LogP contribution in [0.5, 0.6) is 0 Å². The van der Waals surface area contributed by atoms with Crippen LogP contribution in [0.25, 0.3) is 0 Å². The molecule has 0 aromatic heterocycles. The van der Waals surface area contributed by atoms with Gasteiger partial charge in [0.2, 0.25) is 0 Å². The summed E-state index contributed by atoms with van der Waals surface area (Å²) in [6.45, 7) is 0.773. The SMILES string of the molecule is COC1(CNc2ccc(C(N)=S)cc2Cl)CCC1. The monoisotopic (exact) mass is 284 g/mol. The number of thiocarbonyl (C=S) groups is 1. The second-order valence-corrected chi connectivity index (χ2v) is 5.50. The van der Waals surface area contributed by atoms with Crippen molar-refractivity contribution in [3.63, 3.8) is 0 Å². The molecule has 0 amide bonds. The molecule has 0 spiro atoms. The highest BCUT2D eigenvalue weighted by Crippen LogP contribution is 2.35. The standard InChI is InChI=1S/C13H17ClN2OS/c1-17-13(5-2-6-13)8-16-11-4-3-9(12(15)18)7-10(11)14/h3-4,7,16H,2,5-6,8H2,1H3,(H2,15,18). The summed E-state index contributed by atoms with van der Waals surface area (Å²) < 4.78 is 5.55. The molecule has 0 saturated heterocycles. The quantitative estimate of drug-likeness (QED) is 0.816. The number of methoxy groups -OCH3 is 1. The molecule has 98 valence electrons. The Balaban J connectivity index is 2.03. The van der Waals surface area contributed by atoms with Crippen molar-refractivity contribution >= 4 is 34.5 Å². The number of ether oxygens (including phenoxy) is 1. The second-order valence-electron chi connectivity index (χ2n) is 4.65. The van der Waals surface area contributed by atoms with Gasteiger partial charge in [-0.3, -0.25) is 0 Å². The molecule has 5 heteroatoms. The lowest BCUT2D eigenvalue weighted by Gasteiger charge is -2.40. The van der Waals surface area contributed by atoms with E-state index in [9.17, 15) is 0 Å². The van der Waals surface area contributed by atoms with Gasteiger partial charge < -0.3 is 15.8 Å². The van der Waals surface area contributed by atoms with Gasteiger partial charge in [-0.25, -0.2) is 0 Å². The molecular weight excluding hydrogens is 268 g/mol. The number of halogens is 1. The van der Waals surface area contributed by atoms with Crippen molar-refractivity contribution in [3.05, 3.63) is 28.8 Å². The third-order valence-corrected chi connectivity index (χ3v) is 4.10. The number of hydrogen-bond donors (Lipinski definition) is 2. The van der Waals surface area contributed by atoms with Crippen molar-refractivity contribution in [2.24, 2.45) is 5.73 Å². The van der Waals surface area contributed by atoms with Gasteiger partial charge in [-0.15, -0.1) is 0 Å². The van der Waals surface area contributed by atoms with E-state index >= 15 is 0 Å². The summed E-state index contributed by atoms with van der Waals surface area (Å²) in [5, 5.41) is 3.96. The first-order valence-electron chi connectivity index (χ1n) is 5.95. The average molecular weight is 285 g/mol. The van der Waals surface area contributed by atoms with E-state index < -0.39 is 0 Å². The maximum Gasteiger partial charge on any atom is 0.104 e. The maximum absolute atomic E-state index is 6.19. The van der Waals surface area contributed by atoms with Crippen molar-refractivity contribution in [2.45, 2.75) is 24.9 Å². The van der Waals surface area contributed by atoms with Crippen molar-refractivity contribution < 1.29 is 4.74 Å². The Morgan fingerprint density at radius 1 is 1.56 bits per heavy atom. The Morgan fingerprint density at radius 2 is 2.28 bits per heavy atom. The fourth-order valence-corrected chi connectivity index (χ4v) is 2.47. The van der Waals surface area contributed by atoms with E-state index in [0.717, 1.165) is 30.6 Å². The largest absolute Gasteiger partial charge is 0.389 e. The lowest BCUT2D eigenvalue weighted by Crippen LogP contribution is -2.45. The molecule has 0 heterocycles. The molecule has 0 aliphatic heterocycles. The zero-order chi connectivity index (χ0) is 13.2. The van der Waals surface area contributed by atoms with Gasteiger partial charge >= 0.3 is 0 Å². The summed E-state index contributed by atoms with van der Waals surface area (Å²) in [4.78, 5) is 0.357. The molecule has 1 aromatic carbocycles. The second kappa shape index (κ2) is 5.43. The topological polar surface area (TPSA) is 47.3 Å². The van der Waals surface area contributed by atoms with Crippen LogP contribution in [-0.4, -0.2) is 24.2 Å². The highest BCUT2D eigenvalue weighted by atomic mass is 35.5. The predicted molar refractivity (Wildman–Crippen MR) is 79.4 cm³/mol. The molecule has 0 bridgehead atoms. The smallest absolute Gasteiger partial charge is 0.104 e. The van der Waals surface area contributed by atoms with Gasteiger partial charge in [0.1, 0.15) is 4.99 Å². The van der Waals surface area contributed by atoms with Crippen LogP contribution in [0.15, 0.2) is 18.2 Å². The maximum atomic E-state index is 6.19. The van der Waals surface area contributed by atoms with E-state index in [1.54, 1.807) is 13.2 Å². The first-order chi connectivity index (χ1) is 8.56. The summed E-state index contributed by atoms with van der Waals surface area (Å²) in [6.07, 6.45) is 3.42. The Bertz CT molecular complexity index is 455. The normalized spacial score (nSPS) is 17.0. The van der Waals surface area contributed by atoms with Crippen LogP contribution in [-0.2, 0) is 4.74 Å². The fraction of sp³-hybridized carbons (Fsp3) is 0.462. The Morgan fingerprint density at radius 3 is 2.72 bits per heavy atom. The average Bonchev–Trinajstić information content (AvgIpc) is 2.29. The molecular formula is C13H17ClN2OS. The van der Waals surface area contributed by atoms with E-state index in [1.165, 1.54) is 6.42 Å². The zero-order valence-electron chi connectivity index (χ0n) is 10.3. The highest BCUT2D eigenvalue weighted by Gasteiger charge is 2.36. The molecule has 3 nitrogen and oxygen atoms in total. The Kier molecular flexibility index (Phi) is 4.10. The summed E-state index contributed by atoms with van der Waals surface area (Å²) in [5.74, 6) is 0. The van der Waals surface area contributed by atoms with Gasteiger partial charge in [-0.2, -0.15) is 0 Å². The molecule has 0 unspecified atom stereocenters. The van der Waals surface area contributed by atoms with Crippen LogP contribution in [0.2, 0.25) is 5.02 Å². The number of rotatable bonds is 5. The summed E-state index contributed by atoms with van der Waals surface area (Å²) in [5.41, 5.74) is 7.21. The van der Waals surface area contributed by atoms with Gasteiger partial charge in [0.05, 0.1) is 16.3 Å². The van der Waals surface area contributed by atoms with E-state index in [-0.39, 0.29) is 5.60 Å². The molecule has 1 saturated carbocycles. The number of nitrogens with two attached hydrogens (primary N) is 1. The third kappa shape index (κ3) is 2.76. The molecule has 0 radical (unpaired) electrons. The zero-order valence-corrected chi connectivity index (χ0v) is 11.9. The van der Waals surface area contributed by atoms with Crippen molar-refractivity contribution in [2.75, 3.05) is 19.0 Å². The van der Waals surface area contributed by atoms with E-state index in [4.69, 9.17) is 34.3 Å². The Labute approximate surface area is 118 Å². The van der Waals surface area contributed by atoms with Gasteiger partial charge in [0.15, 0.2) is 0 Å². The minimum Gasteiger partial charge on any atom is -0.389 e. The lowest BCUT2D eigenvalue weighted by atomic mass is 9.80. The Hall–Kier alpha value is -0.840. The molecule has 0 atom stereocenters. The molecule has 18 heavy (non-hydrogen) atoms. The summed E-state index contributed by atoms with van der Waals surface area (Å²) in [7, 11) is 1.76. The van der Waals surface area contributed by atoms with Crippen LogP contribution in [0, 0.1) is 0 Å². The van der Waals surface area contributed by atoms with Crippen molar-refractivity contribution in [3.8, 4) is 0 Å². The number of benzene rings is 1. The van der Waals surface area contributed by atoms with Gasteiger partial charge in [0, 0.05) is 19.2 Å². The molecule has 1 fully saturated rings.